The first-order chi connectivity index (χ1) is 11.6. The van der Waals surface area contributed by atoms with Gasteiger partial charge in [0.25, 0.3) is 5.91 Å². The summed E-state index contributed by atoms with van der Waals surface area (Å²) < 4.78 is 5.69. The Hall–Kier alpha value is -2.80. The first-order valence-electron chi connectivity index (χ1n) is 8.17. The number of hydrogen-bond acceptors (Lipinski definition) is 3. The van der Waals surface area contributed by atoms with Crippen LogP contribution in [0.5, 0.6) is 5.75 Å². The Balaban J connectivity index is 2.54. The molecule has 24 heavy (non-hydrogen) atoms. The van der Waals surface area contributed by atoms with Crippen LogP contribution in [-0.2, 0) is 4.79 Å². The minimum Gasteiger partial charge on any atom is -0.493 e. The van der Waals surface area contributed by atoms with Gasteiger partial charge < -0.3 is 10.1 Å². The number of rotatable bonds is 6. The molecule has 2 aromatic rings. The summed E-state index contributed by atoms with van der Waals surface area (Å²) in [6.07, 6.45) is 2.42. The molecule has 0 saturated carbocycles. The van der Waals surface area contributed by atoms with Crippen LogP contribution in [0.2, 0.25) is 0 Å². The van der Waals surface area contributed by atoms with Gasteiger partial charge in [-0.15, -0.1) is 0 Å². The van der Waals surface area contributed by atoms with Crippen LogP contribution in [0.15, 0.2) is 42.0 Å². The fourth-order valence-electron chi connectivity index (χ4n) is 2.40. The number of ether oxygens (including phenoxy) is 1. The predicted octanol–water partition coefficient (Wildman–Crippen LogP) is 4.06. The van der Waals surface area contributed by atoms with E-state index >= 15 is 0 Å². The van der Waals surface area contributed by atoms with Crippen molar-refractivity contribution in [3.8, 4) is 11.8 Å². The maximum Gasteiger partial charge on any atom is 0.262 e. The highest BCUT2D eigenvalue weighted by Gasteiger charge is 2.14. The molecular weight excluding hydrogens is 300 g/mol. The molecule has 0 aromatic heterocycles. The Labute approximate surface area is 142 Å². The Morgan fingerprint density at radius 2 is 2.04 bits per heavy atom. The summed E-state index contributed by atoms with van der Waals surface area (Å²) in [5, 5.41) is 14.2. The van der Waals surface area contributed by atoms with E-state index in [4.69, 9.17) is 4.74 Å². The second-order valence-corrected chi connectivity index (χ2v) is 5.58. The zero-order valence-corrected chi connectivity index (χ0v) is 14.3. The van der Waals surface area contributed by atoms with Crippen LogP contribution in [0.25, 0.3) is 16.8 Å². The van der Waals surface area contributed by atoms with E-state index in [-0.39, 0.29) is 17.5 Å². The van der Waals surface area contributed by atoms with Gasteiger partial charge in [-0.3, -0.25) is 4.79 Å². The number of benzene rings is 2. The van der Waals surface area contributed by atoms with Crippen molar-refractivity contribution in [2.45, 2.75) is 33.2 Å². The van der Waals surface area contributed by atoms with Gasteiger partial charge in [-0.2, -0.15) is 5.26 Å². The predicted molar refractivity (Wildman–Crippen MR) is 96.6 cm³/mol. The third-order valence-corrected chi connectivity index (χ3v) is 3.87. The van der Waals surface area contributed by atoms with Gasteiger partial charge in [0.1, 0.15) is 17.4 Å². The van der Waals surface area contributed by atoms with Gasteiger partial charge in [-0.1, -0.05) is 37.3 Å². The molecule has 0 heterocycles. The SMILES string of the molecule is CCOc1ccc2ccccc2c1/C=C(\C#N)C(=O)N[C@H](C)CC. The van der Waals surface area contributed by atoms with Crippen molar-refractivity contribution in [1.29, 1.82) is 5.26 Å². The molecule has 0 spiro atoms. The maximum absolute atomic E-state index is 12.3. The number of nitriles is 1. The Morgan fingerprint density at radius 1 is 1.29 bits per heavy atom. The third kappa shape index (κ3) is 3.94. The Bertz CT molecular complexity index is 803. The number of fused-ring (bicyclic) bond motifs is 1. The van der Waals surface area contributed by atoms with Crippen LogP contribution < -0.4 is 10.1 Å². The van der Waals surface area contributed by atoms with Gasteiger partial charge in [-0.05, 0) is 43.2 Å². The van der Waals surface area contributed by atoms with Gasteiger partial charge in [-0.25, -0.2) is 0 Å². The van der Waals surface area contributed by atoms with Crippen molar-refractivity contribution in [1.82, 2.24) is 5.32 Å². The normalized spacial score (nSPS) is 12.5. The van der Waals surface area contributed by atoms with E-state index in [0.717, 1.165) is 22.8 Å². The van der Waals surface area contributed by atoms with Crippen LogP contribution in [0.4, 0.5) is 0 Å². The highest BCUT2D eigenvalue weighted by molar-refractivity contribution is 6.05. The van der Waals surface area contributed by atoms with E-state index < -0.39 is 0 Å². The van der Waals surface area contributed by atoms with Crippen LogP contribution in [0.1, 0.15) is 32.8 Å². The van der Waals surface area contributed by atoms with Crippen LogP contribution in [0.3, 0.4) is 0 Å². The van der Waals surface area contributed by atoms with Gasteiger partial charge in [0, 0.05) is 11.6 Å². The van der Waals surface area contributed by atoms with Crippen molar-refractivity contribution in [3.05, 3.63) is 47.5 Å². The summed E-state index contributed by atoms with van der Waals surface area (Å²) in [4.78, 5) is 12.3. The molecule has 0 aliphatic rings. The van der Waals surface area contributed by atoms with Crippen LogP contribution >= 0.6 is 0 Å². The van der Waals surface area contributed by atoms with Gasteiger partial charge in [0.05, 0.1) is 6.61 Å². The largest absolute Gasteiger partial charge is 0.493 e. The lowest BCUT2D eigenvalue weighted by atomic mass is 10.0. The van der Waals surface area contributed by atoms with Crippen molar-refractivity contribution < 1.29 is 9.53 Å². The van der Waals surface area contributed by atoms with Crippen molar-refractivity contribution in [3.63, 3.8) is 0 Å². The van der Waals surface area contributed by atoms with Crippen LogP contribution in [-0.4, -0.2) is 18.6 Å². The molecule has 0 fully saturated rings. The van der Waals surface area contributed by atoms with E-state index in [0.29, 0.717) is 12.4 Å². The minimum atomic E-state index is -0.359. The third-order valence-electron chi connectivity index (χ3n) is 3.87. The number of nitrogens with zero attached hydrogens (tertiary/aromatic N) is 1. The lowest BCUT2D eigenvalue weighted by Gasteiger charge is -2.13. The number of carbonyl (C=O) groups excluding carboxylic acids is 1. The van der Waals surface area contributed by atoms with Crippen LogP contribution in [0, 0.1) is 11.3 Å². The smallest absolute Gasteiger partial charge is 0.262 e. The molecule has 4 nitrogen and oxygen atoms in total. The fourth-order valence-corrected chi connectivity index (χ4v) is 2.40. The number of amides is 1. The average molecular weight is 322 g/mol. The molecule has 0 unspecified atom stereocenters. The molecule has 0 bridgehead atoms. The standard InChI is InChI=1S/C20H22N2O2/c1-4-14(3)22-20(23)16(13-21)12-18-17-9-7-6-8-15(17)10-11-19(18)24-5-2/h6-12,14H,4-5H2,1-3H3,(H,22,23)/b16-12+/t14-/m1/s1. The maximum atomic E-state index is 12.3. The summed E-state index contributed by atoms with van der Waals surface area (Å²) in [6.45, 7) is 6.32. The molecule has 4 heteroatoms. The molecule has 1 amide bonds. The summed E-state index contributed by atoms with van der Waals surface area (Å²) in [5.74, 6) is 0.308. The van der Waals surface area contributed by atoms with Crippen molar-refractivity contribution in [2.75, 3.05) is 6.61 Å². The Kier molecular flexibility index (Phi) is 5.97. The summed E-state index contributed by atoms with van der Waals surface area (Å²) in [5.41, 5.74) is 0.832. The summed E-state index contributed by atoms with van der Waals surface area (Å²) >= 11 is 0. The molecule has 0 aliphatic heterocycles. The minimum absolute atomic E-state index is 0.0214. The topological polar surface area (TPSA) is 62.1 Å². The number of nitrogens with one attached hydrogen (secondary N) is 1. The van der Waals surface area contributed by atoms with E-state index in [1.807, 2.05) is 63.2 Å². The van der Waals surface area contributed by atoms with E-state index in [1.54, 1.807) is 6.08 Å². The molecule has 0 radical (unpaired) electrons. The lowest BCUT2D eigenvalue weighted by Crippen LogP contribution is -2.32. The molecule has 2 rings (SSSR count). The Morgan fingerprint density at radius 3 is 2.71 bits per heavy atom. The molecule has 0 aliphatic carbocycles. The average Bonchev–Trinajstić information content (AvgIpc) is 2.60. The highest BCUT2D eigenvalue weighted by atomic mass is 16.5. The number of hydrogen-bond donors (Lipinski definition) is 1. The quantitative estimate of drug-likeness (QED) is 0.644. The lowest BCUT2D eigenvalue weighted by molar-refractivity contribution is -0.117. The molecule has 2 aromatic carbocycles. The zero-order valence-electron chi connectivity index (χ0n) is 14.3. The zero-order chi connectivity index (χ0) is 17.5. The highest BCUT2D eigenvalue weighted by Crippen LogP contribution is 2.30. The summed E-state index contributed by atoms with van der Waals surface area (Å²) in [6, 6.07) is 13.7. The van der Waals surface area contributed by atoms with Gasteiger partial charge >= 0.3 is 0 Å². The summed E-state index contributed by atoms with van der Waals surface area (Å²) in [7, 11) is 0. The fraction of sp³-hybridized carbons (Fsp3) is 0.300. The van der Waals surface area contributed by atoms with Crippen molar-refractivity contribution >= 4 is 22.8 Å². The second-order valence-electron chi connectivity index (χ2n) is 5.58. The molecule has 1 atom stereocenters. The molecule has 1 N–H and O–H groups in total. The molecule has 124 valence electrons. The first kappa shape index (κ1) is 17.6. The van der Waals surface area contributed by atoms with Gasteiger partial charge in [0.15, 0.2) is 0 Å². The van der Waals surface area contributed by atoms with E-state index in [1.165, 1.54) is 0 Å². The van der Waals surface area contributed by atoms with E-state index in [2.05, 4.69) is 5.32 Å². The van der Waals surface area contributed by atoms with Crippen molar-refractivity contribution in [2.24, 2.45) is 0 Å². The van der Waals surface area contributed by atoms with Gasteiger partial charge in [0.2, 0.25) is 0 Å². The molecular formula is C20H22N2O2. The first-order valence-corrected chi connectivity index (χ1v) is 8.17. The number of carbonyl (C=O) groups is 1. The molecule has 0 saturated heterocycles. The monoisotopic (exact) mass is 322 g/mol. The second kappa shape index (κ2) is 8.16. The van der Waals surface area contributed by atoms with E-state index in [9.17, 15) is 10.1 Å².